The molecule has 0 radical (unpaired) electrons. The Hall–Kier alpha value is -1.76. The maximum atomic E-state index is 9.41. The van der Waals surface area contributed by atoms with Gasteiger partial charge in [-0.05, 0) is 5.56 Å². The molecule has 0 aliphatic carbocycles. The van der Waals surface area contributed by atoms with Crippen molar-refractivity contribution in [3.63, 3.8) is 0 Å². The summed E-state index contributed by atoms with van der Waals surface area (Å²) in [4.78, 5) is 0. The summed E-state index contributed by atoms with van der Waals surface area (Å²) in [5.41, 5.74) is 1.82. The molecular formula is C13H18N4O2. The van der Waals surface area contributed by atoms with E-state index in [9.17, 15) is 5.11 Å². The Morgan fingerprint density at radius 1 is 1.21 bits per heavy atom. The Bertz CT molecular complexity index is 486. The molecule has 1 heterocycles. The van der Waals surface area contributed by atoms with Crippen molar-refractivity contribution in [2.45, 2.75) is 19.1 Å². The third-order valence-electron chi connectivity index (χ3n) is 2.83. The molecule has 6 heteroatoms. The summed E-state index contributed by atoms with van der Waals surface area (Å²) < 4.78 is 1.59. The molecule has 2 rings (SSSR count). The lowest BCUT2D eigenvalue weighted by atomic mass is 10.1. The molecule has 1 atom stereocenters. The van der Waals surface area contributed by atoms with Gasteiger partial charge in [-0.15, -0.1) is 5.10 Å². The SMILES string of the molecule is OCCn1cc(CNC(CO)c2ccccc2)nn1. The first-order valence-electron chi connectivity index (χ1n) is 6.22. The fourth-order valence-corrected chi connectivity index (χ4v) is 1.83. The minimum absolute atomic E-state index is 0.0226. The molecule has 0 aliphatic heterocycles. The highest BCUT2D eigenvalue weighted by Crippen LogP contribution is 2.12. The molecule has 6 nitrogen and oxygen atoms in total. The molecule has 3 N–H and O–H groups in total. The highest BCUT2D eigenvalue weighted by Gasteiger charge is 2.10. The van der Waals surface area contributed by atoms with Crippen LogP contribution in [-0.2, 0) is 13.1 Å². The molecule has 0 aliphatic rings. The second-order valence-corrected chi connectivity index (χ2v) is 4.22. The van der Waals surface area contributed by atoms with Crippen LogP contribution in [0, 0.1) is 0 Å². The van der Waals surface area contributed by atoms with Crippen molar-refractivity contribution in [3.05, 3.63) is 47.8 Å². The largest absolute Gasteiger partial charge is 0.394 e. The van der Waals surface area contributed by atoms with Crippen molar-refractivity contribution < 1.29 is 10.2 Å². The van der Waals surface area contributed by atoms with Crippen LogP contribution >= 0.6 is 0 Å². The van der Waals surface area contributed by atoms with Crippen LogP contribution < -0.4 is 5.32 Å². The molecule has 0 fully saturated rings. The average molecular weight is 262 g/mol. The predicted octanol–water partition coefficient (Wildman–Crippen LogP) is 0.0936. The Morgan fingerprint density at radius 3 is 2.68 bits per heavy atom. The smallest absolute Gasteiger partial charge is 0.0965 e. The maximum Gasteiger partial charge on any atom is 0.0965 e. The molecule has 102 valence electrons. The number of aliphatic hydroxyl groups excluding tert-OH is 2. The van der Waals surface area contributed by atoms with E-state index in [0.29, 0.717) is 13.1 Å². The quantitative estimate of drug-likeness (QED) is 0.659. The zero-order valence-corrected chi connectivity index (χ0v) is 10.6. The molecule has 1 aromatic heterocycles. The lowest BCUT2D eigenvalue weighted by molar-refractivity contribution is 0.243. The molecule has 0 amide bonds. The Balaban J connectivity index is 1.92. The molecule has 1 unspecified atom stereocenters. The average Bonchev–Trinajstić information content (AvgIpc) is 2.89. The normalized spacial score (nSPS) is 12.5. The first-order chi connectivity index (χ1) is 9.33. The van der Waals surface area contributed by atoms with Crippen LogP contribution in [0.5, 0.6) is 0 Å². The fourth-order valence-electron chi connectivity index (χ4n) is 1.83. The lowest BCUT2D eigenvalue weighted by Crippen LogP contribution is -2.24. The Kier molecular flexibility index (Phi) is 5.02. The van der Waals surface area contributed by atoms with Crippen LogP contribution in [0.3, 0.4) is 0 Å². The van der Waals surface area contributed by atoms with E-state index in [1.54, 1.807) is 10.9 Å². The number of hydrogen-bond acceptors (Lipinski definition) is 5. The number of aliphatic hydroxyl groups is 2. The van der Waals surface area contributed by atoms with E-state index >= 15 is 0 Å². The summed E-state index contributed by atoms with van der Waals surface area (Å²) >= 11 is 0. The van der Waals surface area contributed by atoms with Gasteiger partial charge in [0.05, 0.1) is 31.5 Å². The second kappa shape index (κ2) is 6.98. The van der Waals surface area contributed by atoms with Gasteiger partial charge in [-0.25, -0.2) is 4.68 Å². The van der Waals surface area contributed by atoms with Gasteiger partial charge in [-0.2, -0.15) is 0 Å². The van der Waals surface area contributed by atoms with E-state index in [1.807, 2.05) is 30.3 Å². The maximum absolute atomic E-state index is 9.41. The summed E-state index contributed by atoms with van der Waals surface area (Å²) in [5, 5.41) is 29.3. The minimum atomic E-state index is -0.121. The van der Waals surface area contributed by atoms with Gasteiger partial charge in [0.25, 0.3) is 0 Å². The standard InChI is InChI=1S/C13H18N4O2/c18-7-6-17-9-12(15-16-17)8-14-13(10-19)11-4-2-1-3-5-11/h1-5,9,13-14,18-19H,6-8,10H2. The molecule has 1 aromatic carbocycles. The van der Waals surface area contributed by atoms with Crippen molar-refractivity contribution in [3.8, 4) is 0 Å². The molecule has 0 saturated carbocycles. The second-order valence-electron chi connectivity index (χ2n) is 4.22. The Morgan fingerprint density at radius 2 is 2.00 bits per heavy atom. The van der Waals surface area contributed by atoms with Gasteiger partial charge in [0.1, 0.15) is 0 Å². The number of rotatable bonds is 7. The summed E-state index contributed by atoms with van der Waals surface area (Å²) in [5.74, 6) is 0. The number of aromatic nitrogens is 3. The van der Waals surface area contributed by atoms with Gasteiger partial charge in [-0.1, -0.05) is 35.5 Å². The number of nitrogens with one attached hydrogen (secondary N) is 1. The number of benzene rings is 1. The zero-order chi connectivity index (χ0) is 13.5. The van der Waals surface area contributed by atoms with Crippen LogP contribution in [0.2, 0.25) is 0 Å². The van der Waals surface area contributed by atoms with E-state index in [1.165, 1.54) is 0 Å². The van der Waals surface area contributed by atoms with Crippen molar-refractivity contribution in [2.24, 2.45) is 0 Å². The van der Waals surface area contributed by atoms with Crippen LogP contribution in [-0.4, -0.2) is 38.4 Å². The molecule has 0 spiro atoms. The van der Waals surface area contributed by atoms with Crippen LogP contribution in [0.4, 0.5) is 0 Å². The topological polar surface area (TPSA) is 83.2 Å². The third-order valence-corrected chi connectivity index (χ3v) is 2.83. The van der Waals surface area contributed by atoms with Crippen LogP contribution in [0.25, 0.3) is 0 Å². The van der Waals surface area contributed by atoms with Gasteiger partial charge in [0, 0.05) is 12.7 Å². The number of nitrogens with zero attached hydrogens (tertiary/aromatic N) is 3. The summed E-state index contributed by atoms with van der Waals surface area (Å²) in [6.45, 7) is 1.02. The predicted molar refractivity (Wildman–Crippen MR) is 70.2 cm³/mol. The van der Waals surface area contributed by atoms with Gasteiger partial charge >= 0.3 is 0 Å². The minimum Gasteiger partial charge on any atom is -0.394 e. The van der Waals surface area contributed by atoms with E-state index in [0.717, 1.165) is 11.3 Å². The van der Waals surface area contributed by atoms with E-state index in [4.69, 9.17) is 5.11 Å². The van der Waals surface area contributed by atoms with Crippen molar-refractivity contribution in [2.75, 3.05) is 13.2 Å². The van der Waals surface area contributed by atoms with Crippen molar-refractivity contribution in [1.29, 1.82) is 0 Å². The zero-order valence-electron chi connectivity index (χ0n) is 10.6. The van der Waals surface area contributed by atoms with Gasteiger partial charge < -0.3 is 15.5 Å². The van der Waals surface area contributed by atoms with E-state index in [2.05, 4.69) is 15.6 Å². The van der Waals surface area contributed by atoms with Gasteiger partial charge in [-0.3, -0.25) is 0 Å². The highest BCUT2D eigenvalue weighted by atomic mass is 16.3. The lowest BCUT2D eigenvalue weighted by Gasteiger charge is -2.15. The first-order valence-corrected chi connectivity index (χ1v) is 6.22. The highest BCUT2D eigenvalue weighted by molar-refractivity contribution is 5.19. The molecule has 0 bridgehead atoms. The van der Waals surface area contributed by atoms with Crippen LogP contribution in [0.15, 0.2) is 36.5 Å². The molecule has 19 heavy (non-hydrogen) atoms. The monoisotopic (exact) mass is 262 g/mol. The molecule has 2 aromatic rings. The number of hydrogen-bond donors (Lipinski definition) is 3. The van der Waals surface area contributed by atoms with Gasteiger partial charge in [0.15, 0.2) is 0 Å². The summed E-state index contributed by atoms with van der Waals surface area (Å²) in [7, 11) is 0. The Labute approximate surface area is 111 Å². The third kappa shape index (κ3) is 3.85. The summed E-state index contributed by atoms with van der Waals surface area (Å²) in [6.07, 6.45) is 1.78. The van der Waals surface area contributed by atoms with E-state index in [-0.39, 0.29) is 19.3 Å². The molecule has 0 saturated heterocycles. The molecular weight excluding hydrogens is 244 g/mol. The van der Waals surface area contributed by atoms with Crippen molar-refractivity contribution >= 4 is 0 Å². The van der Waals surface area contributed by atoms with Gasteiger partial charge in [0.2, 0.25) is 0 Å². The first kappa shape index (κ1) is 13.7. The fraction of sp³-hybridized carbons (Fsp3) is 0.385. The van der Waals surface area contributed by atoms with Crippen molar-refractivity contribution in [1.82, 2.24) is 20.3 Å². The van der Waals surface area contributed by atoms with E-state index < -0.39 is 0 Å². The van der Waals surface area contributed by atoms with Crippen LogP contribution in [0.1, 0.15) is 17.3 Å². The summed E-state index contributed by atoms with van der Waals surface area (Å²) in [6, 6.07) is 9.64.